The van der Waals surface area contributed by atoms with E-state index >= 15 is 0 Å². The molecule has 0 spiro atoms. The van der Waals surface area contributed by atoms with E-state index in [0.717, 1.165) is 18.4 Å². The lowest BCUT2D eigenvalue weighted by Crippen LogP contribution is -2.04. The van der Waals surface area contributed by atoms with Crippen LogP contribution in [0.2, 0.25) is 0 Å². The second-order valence-electron chi connectivity index (χ2n) is 5.10. The first kappa shape index (κ1) is 16.2. The number of ether oxygens (including phenoxy) is 1. The van der Waals surface area contributed by atoms with Gasteiger partial charge < -0.3 is 4.74 Å². The van der Waals surface area contributed by atoms with Gasteiger partial charge in [0.2, 0.25) is 0 Å². The lowest BCUT2D eigenvalue weighted by molar-refractivity contribution is -0.137. The third kappa shape index (κ3) is 6.93. The highest BCUT2D eigenvalue weighted by Crippen LogP contribution is 2.09. The highest BCUT2D eigenvalue weighted by molar-refractivity contribution is 5.73. The van der Waals surface area contributed by atoms with Crippen molar-refractivity contribution in [2.24, 2.45) is 5.92 Å². The molecule has 0 aliphatic heterocycles. The van der Waals surface area contributed by atoms with Crippen molar-refractivity contribution >= 4 is 5.97 Å². The molecule has 0 amide bonds. The molecule has 0 saturated heterocycles. The Morgan fingerprint density at radius 1 is 1.30 bits per heavy atom. The third-order valence-electron chi connectivity index (χ3n) is 3.19. The van der Waals surface area contributed by atoms with E-state index in [1.807, 2.05) is 36.4 Å². The zero-order valence-electron chi connectivity index (χ0n) is 12.6. The van der Waals surface area contributed by atoms with E-state index in [0.29, 0.717) is 12.3 Å². The van der Waals surface area contributed by atoms with Crippen molar-refractivity contribution in [3.05, 3.63) is 59.9 Å². The Morgan fingerprint density at radius 3 is 2.65 bits per heavy atom. The van der Waals surface area contributed by atoms with Gasteiger partial charge in [0, 0.05) is 0 Å². The zero-order valence-corrected chi connectivity index (χ0v) is 12.6. The van der Waals surface area contributed by atoms with Crippen LogP contribution in [0.4, 0.5) is 0 Å². The molecule has 1 aromatic carbocycles. The van der Waals surface area contributed by atoms with Crippen molar-refractivity contribution in [1.29, 1.82) is 0 Å². The topological polar surface area (TPSA) is 26.3 Å². The van der Waals surface area contributed by atoms with Gasteiger partial charge in [-0.15, -0.1) is 0 Å². The maximum atomic E-state index is 11.6. The predicted octanol–water partition coefficient (Wildman–Crippen LogP) is 4.67. The summed E-state index contributed by atoms with van der Waals surface area (Å²) in [6.45, 7) is 6.40. The highest BCUT2D eigenvalue weighted by atomic mass is 16.5. The lowest BCUT2D eigenvalue weighted by atomic mass is 10.1. The van der Waals surface area contributed by atoms with Gasteiger partial charge in [0.15, 0.2) is 0 Å². The molecule has 0 aliphatic rings. The SMILES string of the molecule is CC/C(C)=C/CC(C)/C=C/OC(=O)Cc1ccccc1. The van der Waals surface area contributed by atoms with Crippen molar-refractivity contribution in [3.8, 4) is 0 Å². The molecule has 1 atom stereocenters. The molecule has 108 valence electrons. The Labute approximate surface area is 122 Å². The Balaban J connectivity index is 2.31. The summed E-state index contributed by atoms with van der Waals surface area (Å²) in [5, 5.41) is 0. The maximum Gasteiger partial charge on any atom is 0.315 e. The van der Waals surface area contributed by atoms with Gasteiger partial charge in [-0.1, -0.05) is 55.8 Å². The number of benzene rings is 1. The zero-order chi connectivity index (χ0) is 14.8. The van der Waals surface area contributed by atoms with Crippen LogP contribution in [0, 0.1) is 5.92 Å². The van der Waals surface area contributed by atoms with Gasteiger partial charge in [-0.05, 0) is 37.3 Å². The van der Waals surface area contributed by atoms with Crippen LogP contribution in [0.5, 0.6) is 0 Å². The predicted molar refractivity (Wildman–Crippen MR) is 83.2 cm³/mol. The minimum Gasteiger partial charge on any atom is -0.435 e. The van der Waals surface area contributed by atoms with E-state index in [9.17, 15) is 4.79 Å². The lowest BCUT2D eigenvalue weighted by Gasteiger charge is -2.04. The first-order valence-corrected chi connectivity index (χ1v) is 7.17. The summed E-state index contributed by atoms with van der Waals surface area (Å²) < 4.78 is 5.11. The first-order valence-electron chi connectivity index (χ1n) is 7.17. The molecule has 1 unspecified atom stereocenters. The molecule has 0 fully saturated rings. The van der Waals surface area contributed by atoms with Crippen molar-refractivity contribution in [2.75, 3.05) is 0 Å². The number of allylic oxidation sites excluding steroid dienone is 3. The molecule has 0 saturated carbocycles. The van der Waals surface area contributed by atoms with Crippen LogP contribution in [0.15, 0.2) is 54.3 Å². The van der Waals surface area contributed by atoms with Crippen molar-refractivity contribution in [3.63, 3.8) is 0 Å². The Kier molecular flexibility index (Phi) is 7.41. The summed E-state index contributed by atoms with van der Waals surface area (Å²) >= 11 is 0. The molecule has 0 N–H and O–H groups in total. The molecule has 0 aromatic heterocycles. The maximum absolute atomic E-state index is 11.6. The molecule has 2 nitrogen and oxygen atoms in total. The summed E-state index contributed by atoms with van der Waals surface area (Å²) in [7, 11) is 0. The van der Waals surface area contributed by atoms with Crippen LogP contribution in [0.3, 0.4) is 0 Å². The largest absolute Gasteiger partial charge is 0.435 e. The van der Waals surface area contributed by atoms with Gasteiger partial charge in [-0.2, -0.15) is 0 Å². The Morgan fingerprint density at radius 2 is 2.00 bits per heavy atom. The van der Waals surface area contributed by atoms with Crippen LogP contribution in [-0.2, 0) is 16.0 Å². The van der Waals surface area contributed by atoms with E-state index in [2.05, 4.69) is 26.8 Å². The second kappa shape index (κ2) is 9.13. The van der Waals surface area contributed by atoms with Gasteiger partial charge >= 0.3 is 5.97 Å². The number of carbonyl (C=O) groups is 1. The van der Waals surface area contributed by atoms with Gasteiger partial charge in [0.25, 0.3) is 0 Å². The molecule has 0 aliphatic carbocycles. The second-order valence-corrected chi connectivity index (χ2v) is 5.10. The summed E-state index contributed by atoms with van der Waals surface area (Å²) in [6.07, 6.45) is 8.07. The van der Waals surface area contributed by atoms with Crippen LogP contribution in [0.1, 0.15) is 39.2 Å². The van der Waals surface area contributed by atoms with Crippen LogP contribution in [-0.4, -0.2) is 5.97 Å². The van der Waals surface area contributed by atoms with Crippen molar-refractivity contribution < 1.29 is 9.53 Å². The fourth-order valence-electron chi connectivity index (χ4n) is 1.66. The van der Waals surface area contributed by atoms with E-state index in [4.69, 9.17) is 4.74 Å². The van der Waals surface area contributed by atoms with Gasteiger partial charge in [-0.25, -0.2) is 0 Å². The van der Waals surface area contributed by atoms with Gasteiger partial charge in [0.1, 0.15) is 0 Å². The molecule has 2 heteroatoms. The first-order chi connectivity index (χ1) is 9.61. The molecule has 0 bridgehead atoms. The molecular formula is C18H24O2. The van der Waals surface area contributed by atoms with Crippen LogP contribution < -0.4 is 0 Å². The molecule has 0 radical (unpaired) electrons. The Hall–Kier alpha value is -1.83. The third-order valence-corrected chi connectivity index (χ3v) is 3.19. The van der Waals surface area contributed by atoms with Crippen LogP contribution >= 0.6 is 0 Å². The molecular weight excluding hydrogens is 248 g/mol. The fourth-order valence-corrected chi connectivity index (χ4v) is 1.66. The van der Waals surface area contributed by atoms with E-state index in [1.165, 1.54) is 11.8 Å². The average molecular weight is 272 g/mol. The van der Waals surface area contributed by atoms with Crippen LogP contribution in [0.25, 0.3) is 0 Å². The van der Waals surface area contributed by atoms with Gasteiger partial charge in [-0.3, -0.25) is 4.79 Å². The molecule has 0 heterocycles. The van der Waals surface area contributed by atoms with E-state index in [-0.39, 0.29) is 5.97 Å². The number of hydrogen-bond donors (Lipinski definition) is 0. The quantitative estimate of drug-likeness (QED) is 0.409. The Bertz CT molecular complexity index is 458. The summed E-state index contributed by atoms with van der Waals surface area (Å²) in [5.74, 6) is 0.154. The summed E-state index contributed by atoms with van der Waals surface area (Å²) in [4.78, 5) is 11.6. The minimum atomic E-state index is -0.222. The average Bonchev–Trinajstić information content (AvgIpc) is 2.45. The normalized spacial score (nSPS) is 13.4. The minimum absolute atomic E-state index is 0.222. The van der Waals surface area contributed by atoms with E-state index in [1.54, 1.807) is 0 Å². The van der Waals surface area contributed by atoms with Crippen molar-refractivity contribution in [1.82, 2.24) is 0 Å². The van der Waals surface area contributed by atoms with Gasteiger partial charge in [0.05, 0.1) is 12.7 Å². The highest BCUT2D eigenvalue weighted by Gasteiger charge is 2.02. The van der Waals surface area contributed by atoms with E-state index < -0.39 is 0 Å². The fraction of sp³-hybridized carbons (Fsp3) is 0.389. The molecule has 20 heavy (non-hydrogen) atoms. The standard InChI is InChI=1S/C18H24O2/c1-4-15(2)10-11-16(3)12-13-20-18(19)14-17-8-6-5-7-9-17/h5-10,12-13,16H,4,11,14H2,1-3H3/b13-12+,15-10+. The smallest absolute Gasteiger partial charge is 0.315 e. The summed E-state index contributed by atoms with van der Waals surface area (Å²) in [5.41, 5.74) is 2.37. The summed E-state index contributed by atoms with van der Waals surface area (Å²) in [6, 6.07) is 9.62. The number of rotatable bonds is 7. The molecule has 1 rings (SSSR count). The molecule has 1 aromatic rings. The number of carbonyl (C=O) groups excluding carboxylic acids is 1. The number of esters is 1. The monoisotopic (exact) mass is 272 g/mol. The number of hydrogen-bond acceptors (Lipinski definition) is 2. The van der Waals surface area contributed by atoms with Crippen molar-refractivity contribution in [2.45, 2.75) is 40.0 Å².